The van der Waals surface area contributed by atoms with Crippen molar-refractivity contribution in [3.05, 3.63) is 54.1 Å². The highest BCUT2D eigenvalue weighted by Crippen LogP contribution is 2.30. The van der Waals surface area contributed by atoms with Crippen molar-refractivity contribution in [3.63, 3.8) is 0 Å². The van der Waals surface area contributed by atoms with E-state index in [0.717, 1.165) is 43.9 Å². The standard InChI is InChI=1S/C21H28N6O/c1-16-15-19(24-18-10-4-6-12-22-18)25-21(23-16)17-9-5-7-14-27(17)20(28)11-8-13-26(2)3/h4,6,8,10-12,15,17H,5,7,9,13-14H2,1-3H3,(H,22,23,24,25)/b11-8+/t17-/m1/s1. The van der Waals surface area contributed by atoms with E-state index in [2.05, 4.69) is 15.3 Å². The van der Waals surface area contributed by atoms with Gasteiger partial charge in [0.1, 0.15) is 11.6 Å². The molecule has 1 fully saturated rings. The van der Waals surface area contributed by atoms with E-state index < -0.39 is 0 Å². The van der Waals surface area contributed by atoms with Crippen LogP contribution >= 0.6 is 0 Å². The van der Waals surface area contributed by atoms with Gasteiger partial charge in [0.05, 0.1) is 6.04 Å². The molecular weight excluding hydrogens is 352 g/mol. The molecule has 1 saturated heterocycles. The Bertz CT molecular complexity index is 821. The minimum atomic E-state index is -0.102. The van der Waals surface area contributed by atoms with Gasteiger partial charge in [0, 0.05) is 37.1 Å². The highest BCUT2D eigenvalue weighted by atomic mass is 16.2. The minimum Gasteiger partial charge on any atom is -0.329 e. The Labute approximate surface area is 166 Å². The SMILES string of the molecule is Cc1cc(Nc2ccccn2)nc([C@H]2CCCCN2C(=O)/C=C/CN(C)C)n1. The summed E-state index contributed by atoms with van der Waals surface area (Å²) in [6.07, 6.45) is 8.25. The lowest BCUT2D eigenvalue weighted by Gasteiger charge is -2.34. The van der Waals surface area contributed by atoms with Crippen LogP contribution in [0.5, 0.6) is 0 Å². The number of aryl methyl sites for hydroxylation is 1. The molecule has 1 amide bonds. The monoisotopic (exact) mass is 380 g/mol. The van der Waals surface area contributed by atoms with Crippen LogP contribution in [0.1, 0.15) is 36.8 Å². The van der Waals surface area contributed by atoms with Crippen LogP contribution in [-0.2, 0) is 4.79 Å². The molecule has 148 valence electrons. The maximum Gasteiger partial charge on any atom is 0.246 e. The van der Waals surface area contributed by atoms with E-state index in [1.807, 2.05) is 61.2 Å². The van der Waals surface area contributed by atoms with Crippen LogP contribution in [0.25, 0.3) is 0 Å². The van der Waals surface area contributed by atoms with E-state index in [9.17, 15) is 4.79 Å². The first-order valence-corrected chi connectivity index (χ1v) is 9.68. The first kappa shape index (κ1) is 19.9. The third kappa shape index (κ3) is 5.36. The molecule has 7 nitrogen and oxygen atoms in total. The second-order valence-corrected chi connectivity index (χ2v) is 7.30. The molecule has 0 aliphatic carbocycles. The van der Waals surface area contributed by atoms with Gasteiger partial charge in [0.25, 0.3) is 0 Å². The number of anilines is 2. The molecule has 2 aromatic heterocycles. The molecule has 1 aliphatic heterocycles. The summed E-state index contributed by atoms with van der Waals surface area (Å²) in [5.41, 5.74) is 0.865. The number of piperidine rings is 1. The minimum absolute atomic E-state index is 0.0240. The number of likely N-dealkylation sites (tertiary alicyclic amines) is 1. The first-order valence-electron chi connectivity index (χ1n) is 9.68. The molecule has 0 unspecified atom stereocenters. The molecular formula is C21H28N6O. The number of aromatic nitrogens is 3. The number of likely N-dealkylation sites (N-methyl/N-ethyl adjacent to an activating group) is 1. The van der Waals surface area contributed by atoms with Crippen molar-refractivity contribution in [2.75, 3.05) is 32.5 Å². The summed E-state index contributed by atoms with van der Waals surface area (Å²) < 4.78 is 0. The lowest BCUT2D eigenvalue weighted by molar-refractivity contribution is -0.129. The Morgan fingerprint density at radius 3 is 2.89 bits per heavy atom. The van der Waals surface area contributed by atoms with Crippen LogP contribution in [0.2, 0.25) is 0 Å². The molecule has 3 heterocycles. The Kier molecular flexibility index (Phi) is 6.71. The Hall–Kier alpha value is -2.80. The lowest BCUT2D eigenvalue weighted by atomic mass is 10.0. The van der Waals surface area contributed by atoms with Crippen LogP contribution in [-0.4, -0.2) is 57.8 Å². The number of nitrogens with one attached hydrogen (secondary N) is 1. The molecule has 0 spiro atoms. The number of carbonyl (C=O) groups excluding carboxylic acids is 1. The van der Waals surface area contributed by atoms with Crippen molar-refractivity contribution in [3.8, 4) is 0 Å². The topological polar surface area (TPSA) is 74.2 Å². The van der Waals surface area contributed by atoms with Gasteiger partial charge in [-0.1, -0.05) is 12.1 Å². The molecule has 1 N–H and O–H groups in total. The number of rotatable bonds is 6. The van der Waals surface area contributed by atoms with Gasteiger partial charge in [0.15, 0.2) is 5.82 Å². The maximum absolute atomic E-state index is 12.8. The molecule has 0 saturated carbocycles. The highest BCUT2D eigenvalue weighted by Gasteiger charge is 2.29. The number of hydrogen-bond donors (Lipinski definition) is 1. The molecule has 0 bridgehead atoms. The van der Waals surface area contributed by atoms with Crippen molar-refractivity contribution in [2.24, 2.45) is 0 Å². The number of amides is 1. The van der Waals surface area contributed by atoms with Gasteiger partial charge in [-0.3, -0.25) is 4.79 Å². The summed E-state index contributed by atoms with van der Waals surface area (Å²) in [5.74, 6) is 2.14. The van der Waals surface area contributed by atoms with E-state index in [0.29, 0.717) is 11.6 Å². The summed E-state index contributed by atoms with van der Waals surface area (Å²) in [7, 11) is 3.96. The largest absolute Gasteiger partial charge is 0.329 e. The van der Waals surface area contributed by atoms with E-state index in [4.69, 9.17) is 4.98 Å². The zero-order valence-corrected chi connectivity index (χ0v) is 16.8. The fraction of sp³-hybridized carbons (Fsp3) is 0.429. The number of nitrogens with zero attached hydrogens (tertiary/aromatic N) is 5. The molecule has 1 atom stereocenters. The zero-order chi connectivity index (χ0) is 19.9. The molecule has 2 aromatic rings. The molecule has 3 rings (SSSR count). The predicted octanol–water partition coefficient (Wildman–Crippen LogP) is 3.10. The molecule has 28 heavy (non-hydrogen) atoms. The summed E-state index contributed by atoms with van der Waals surface area (Å²) >= 11 is 0. The molecule has 1 aliphatic rings. The van der Waals surface area contributed by atoms with Crippen LogP contribution in [0.15, 0.2) is 42.6 Å². The van der Waals surface area contributed by atoms with Gasteiger partial charge in [-0.25, -0.2) is 15.0 Å². The van der Waals surface area contributed by atoms with Crippen molar-refractivity contribution in [1.29, 1.82) is 0 Å². The van der Waals surface area contributed by atoms with Crippen molar-refractivity contribution < 1.29 is 4.79 Å². The van der Waals surface area contributed by atoms with Crippen LogP contribution < -0.4 is 5.32 Å². The van der Waals surface area contributed by atoms with Crippen molar-refractivity contribution >= 4 is 17.5 Å². The number of hydrogen-bond acceptors (Lipinski definition) is 6. The average Bonchev–Trinajstić information content (AvgIpc) is 2.68. The van der Waals surface area contributed by atoms with Gasteiger partial charge in [-0.15, -0.1) is 0 Å². The summed E-state index contributed by atoms with van der Waals surface area (Å²) in [6.45, 7) is 3.42. The quantitative estimate of drug-likeness (QED) is 0.776. The Balaban J connectivity index is 1.81. The zero-order valence-electron chi connectivity index (χ0n) is 16.8. The van der Waals surface area contributed by atoms with E-state index in [1.54, 1.807) is 12.3 Å². The molecule has 0 aromatic carbocycles. The second-order valence-electron chi connectivity index (χ2n) is 7.30. The third-order valence-corrected chi connectivity index (χ3v) is 4.61. The van der Waals surface area contributed by atoms with E-state index in [-0.39, 0.29) is 11.9 Å². The molecule has 0 radical (unpaired) electrons. The van der Waals surface area contributed by atoms with Gasteiger partial charge in [0.2, 0.25) is 5.91 Å². The second kappa shape index (κ2) is 9.41. The smallest absolute Gasteiger partial charge is 0.246 e. The summed E-state index contributed by atoms with van der Waals surface area (Å²) in [6, 6.07) is 7.48. The maximum atomic E-state index is 12.8. The van der Waals surface area contributed by atoms with Crippen molar-refractivity contribution in [2.45, 2.75) is 32.2 Å². The van der Waals surface area contributed by atoms with Gasteiger partial charge < -0.3 is 15.1 Å². The Morgan fingerprint density at radius 1 is 1.29 bits per heavy atom. The number of carbonyl (C=O) groups is 1. The highest BCUT2D eigenvalue weighted by molar-refractivity contribution is 5.88. The van der Waals surface area contributed by atoms with Crippen LogP contribution in [0.4, 0.5) is 11.6 Å². The predicted molar refractivity (Wildman–Crippen MR) is 110 cm³/mol. The van der Waals surface area contributed by atoms with Crippen molar-refractivity contribution in [1.82, 2.24) is 24.8 Å². The average molecular weight is 380 g/mol. The Morgan fingerprint density at radius 2 is 2.14 bits per heavy atom. The summed E-state index contributed by atoms with van der Waals surface area (Å²) in [4.78, 5) is 30.3. The molecule has 7 heteroatoms. The van der Waals surface area contributed by atoms with Gasteiger partial charge in [-0.2, -0.15) is 0 Å². The lowest BCUT2D eigenvalue weighted by Crippen LogP contribution is -2.38. The van der Waals surface area contributed by atoms with Gasteiger partial charge >= 0.3 is 0 Å². The summed E-state index contributed by atoms with van der Waals surface area (Å²) in [5, 5.41) is 3.23. The van der Waals surface area contributed by atoms with E-state index in [1.165, 1.54) is 0 Å². The normalized spacial score (nSPS) is 17.3. The van der Waals surface area contributed by atoms with Gasteiger partial charge in [-0.05, 0) is 52.4 Å². The number of pyridine rings is 1. The van der Waals surface area contributed by atoms with E-state index >= 15 is 0 Å². The van der Waals surface area contributed by atoms with Crippen LogP contribution in [0.3, 0.4) is 0 Å². The fourth-order valence-corrected chi connectivity index (χ4v) is 3.30. The van der Waals surface area contributed by atoms with Crippen LogP contribution in [0, 0.1) is 6.92 Å². The fourth-order valence-electron chi connectivity index (χ4n) is 3.30. The first-order chi connectivity index (χ1) is 13.5. The third-order valence-electron chi connectivity index (χ3n) is 4.61.